The van der Waals surface area contributed by atoms with Gasteiger partial charge in [-0.05, 0) is 48.7 Å². The fourth-order valence-electron chi connectivity index (χ4n) is 2.78. The number of nitrogen functional groups attached to an aromatic ring is 1. The Balaban J connectivity index is 1.88. The summed E-state index contributed by atoms with van der Waals surface area (Å²) in [6.45, 7) is -0.508. The Kier molecular flexibility index (Phi) is 6.77. The number of nitrogens with zero attached hydrogens (tertiary/aromatic N) is 2. The molecule has 3 rings (SSSR count). The predicted molar refractivity (Wildman–Crippen MR) is 115 cm³/mol. The molecule has 0 aliphatic carbocycles. The Labute approximate surface area is 190 Å². The number of alkyl halides is 3. The Morgan fingerprint density at radius 2 is 1.88 bits per heavy atom. The summed E-state index contributed by atoms with van der Waals surface area (Å²) >= 11 is 6.83. The van der Waals surface area contributed by atoms with Gasteiger partial charge in [-0.3, -0.25) is 4.79 Å². The van der Waals surface area contributed by atoms with Gasteiger partial charge in [0.25, 0.3) is 0 Å². The maximum Gasteiger partial charge on any atom is 0.416 e. The Morgan fingerprint density at radius 3 is 2.47 bits per heavy atom. The number of benzene rings is 2. The third-order valence-corrected chi connectivity index (χ3v) is 7.16. The van der Waals surface area contributed by atoms with Crippen LogP contribution in [0.4, 0.5) is 24.7 Å². The third-order valence-electron chi connectivity index (χ3n) is 4.27. The van der Waals surface area contributed by atoms with E-state index in [4.69, 9.17) is 17.3 Å². The van der Waals surface area contributed by atoms with E-state index < -0.39 is 34.0 Å². The molecule has 2 aromatic carbocycles. The molecule has 0 atom stereocenters. The van der Waals surface area contributed by atoms with Crippen LogP contribution in [0.1, 0.15) is 5.56 Å². The topological polar surface area (TPSA) is 107 Å². The van der Waals surface area contributed by atoms with Crippen LogP contribution >= 0.6 is 23.4 Å². The zero-order valence-electron chi connectivity index (χ0n) is 16.4. The third kappa shape index (κ3) is 5.03. The maximum absolute atomic E-state index is 13.1. The number of thioether (sulfide) groups is 1. The minimum absolute atomic E-state index is 0.0585. The first-order valence-electron chi connectivity index (χ1n) is 8.81. The highest BCUT2D eigenvalue weighted by Crippen LogP contribution is 2.34. The molecule has 7 nitrogen and oxygen atoms in total. The van der Waals surface area contributed by atoms with Crippen molar-refractivity contribution in [2.45, 2.75) is 27.5 Å². The van der Waals surface area contributed by atoms with Crippen LogP contribution in [0.15, 0.2) is 63.3 Å². The molecule has 0 unspecified atom stereocenters. The van der Waals surface area contributed by atoms with E-state index in [0.29, 0.717) is 5.02 Å². The number of carbonyl (C=O) groups excluding carboxylic acids is 1. The number of rotatable bonds is 6. The fraction of sp³-hybridized carbons (Fsp3) is 0.158. The minimum Gasteiger partial charge on any atom is -0.383 e. The van der Waals surface area contributed by atoms with Crippen LogP contribution in [-0.4, -0.2) is 30.4 Å². The average Bonchev–Trinajstić information content (AvgIpc) is 3.03. The van der Waals surface area contributed by atoms with Crippen LogP contribution in [0, 0.1) is 0 Å². The van der Waals surface area contributed by atoms with Gasteiger partial charge in [0.2, 0.25) is 15.7 Å². The van der Waals surface area contributed by atoms with Gasteiger partial charge in [-0.1, -0.05) is 17.7 Å². The van der Waals surface area contributed by atoms with Gasteiger partial charge in [0.15, 0.2) is 0 Å². The molecule has 1 aromatic heterocycles. The molecule has 3 N–H and O–H groups in total. The lowest BCUT2D eigenvalue weighted by Crippen LogP contribution is -2.21. The van der Waals surface area contributed by atoms with E-state index in [1.54, 1.807) is 6.26 Å². The van der Waals surface area contributed by atoms with Gasteiger partial charge < -0.3 is 11.1 Å². The molecular formula is C19H16ClF3N4O3S2. The summed E-state index contributed by atoms with van der Waals surface area (Å²) in [5.74, 6) is -1.01. The molecule has 0 aliphatic heterocycles. The molecule has 0 fully saturated rings. The zero-order valence-corrected chi connectivity index (χ0v) is 18.7. The Hall–Kier alpha value is -2.70. The largest absolute Gasteiger partial charge is 0.416 e. The SMILES string of the molecule is CSc1nn(CC(=O)Nc2cccc(C(F)(F)F)c2)c(N)c1S(=O)(=O)c1ccc(Cl)cc1. The van der Waals surface area contributed by atoms with Gasteiger partial charge in [-0.25, -0.2) is 13.1 Å². The van der Waals surface area contributed by atoms with Crippen molar-refractivity contribution in [1.29, 1.82) is 0 Å². The van der Waals surface area contributed by atoms with Crippen molar-refractivity contribution < 1.29 is 26.4 Å². The monoisotopic (exact) mass is 504 g/mol. The van der Waals surface area contributed by atoms with Crippen LogP contribution < -0.4 is 11.1 Å². The number of aromatic nitrogens is 2. The first kappa shape index (κ1) is 24.0. The summed E-state index contributed by atoms with van der Waals surface area (Å²) in [4.78, 5) is 12.1. The molecule has 3 aromatic rings. The summed E-state index contributed by atoms with van der Waals surface area (Å²) in [5, 5.41) is 6.84. The smallest absolute Gasteiger partial charge is 0.383 e. The molecule has 13 heteroatoms. The molecule has 0 saturated heterocycles. The van der Waals surface area contributed by atoms with Crippen LogP contribution in [0.5, 0.6) is 0 Å². The number of hydrogen-bond donors (Lipinski definition) is 2. The number of amides is 1. The average molecular weight is 505 g/mol. The van der Waals surface area contributed by atoms with Gasteiger partial charge in [-0.2, -0.15) is 18.3 Å². The summed E-state index contributed by atoms with van der Waals surface area (Å²) in [6, 6.07) is 9.57. The van der Waals surface area contributed by atoms with E-state index in [1.807, 2.05) is 0 Å². The van der Waals surface area contributed by atoms with Crippen molar-refractivity contribution in [2.24, 2.45) is 0 Å². The fourth-order valence-corrected chi connectivity index (χ4v) is 5.34. The molecule has 1 heterocycles. The number of sulfone groups is 1. The highest BCUT2D eigenvalue weighted by Gasteiger charge is 2.31. The second kappa shape index (κ2) is 9.04. The van der Waals surface area contributed by atoms with Gasteiger partial charge in [-0.15, -0.1) is 11.8 Å². The lowest BCUT2D eigenvalue weighted by atomic mass is 10.2. The first-order valence-corrected chi connectivity index (χ1v) is 11.9. The quantitative estimate of drug-likeness (QED) is 0.484. The van der Waals surface area contributed by atoms with Crippen molar-refractivity contribution >= 4 is 50.6 Å². The van der Waals surface area contributed by atoms with Crippen molar-refractivity contribution in [3.63, 3.8) is 0 Å². The first-order chi connectivity index (χ1) is 14.9. The second-order valence-corrected chi connectivity index (χ2v) is 9.58. The van der Waals surface area contributed by atoms with Crippen molar-refractivity contribution in [2.75, 3.05) is 17.3 Å². The zero-order chi connectivity index (χ0) is 23.7. The van der Waals surface area contributed by atoms with E-state index in [-0.39, 0.29) is 26.3 Å². The lowest BCUT2D eigenvalue weighted by molar-refractivity contribution is -0.137. The Morgan fingerprint density at radius 1 is 1.22 bits per heavy atom. The van der Waals surface area contributed by atoms with Crippen molar-refractivity contribution in [3.8, 4) is 0 Å². The molecule has 0 aliphatic rings. The van der Waals surface area contributed by atoms with E-state index in [1.165, 1.54) is 30.3 Å². The molecule has 0 bridgehead atoms. The van der Waals surface area contributed by atoms with E-state index in [0.717, 1.165) is 34.6 Å². The van der Waals surface area contributed by atoms with Crippen molar-refractivity contribution in [1.82, 2.24) is 9.78 Å². The molecule has 32 heavy (non-hydrogen) atoms. The van der Waals surface area contributed by atoms with E-state index in [9.17, 15) is 26.4 Å². The van der Waals surface area contributed by atoms with Gasteiger partial charge >= 0.3 is 6.18 Å². The highest BCUT2D eigenvalue weighted by molar-refractivity contribution is 7.99. The normalized spacial score (nSPS) is 12.0. The summed E-state index contributed by atoms with van der Waals surface area (Å²) in [7, 11) is -4.07. The number of anilines is 2. The number of halogens is 4. The van der Waals surface area contributed by atoms with Gasteiger partial charge in [0.05, 0.1) is 10.5 Å². The molecular weight excluding hydrogens is 489 g/mol. The number of carbonyl (C=O) groups is 1. The molecule has 0 spiro atoms. The van der Waals surface area contributed by atoms with E-state index >= 15 is 0 Å². The van der Waals surface area contributed by atoms with Crippen LogP contribution in [-0.2, 0) is 27.4 Å². The van der Waals surface area contributed by atoms with Crippen LogP contribution in [0.2, 0.25) is 5.02 Å². The number of nitrogens with one attached hydrogen (secondary N) is 1. The summed E-state index contributed by atoms with van der Waals surface area (Å²) in [6.07, 6.45) is -2.97. The second-order valence-electron chi connectivity index (χ2n) is 6.47. The summed E-state index contributed by atoms with van der Waals surface area (Å²) < 4.78 is 65.7. The van der Waals surface area contributed by atoms with Crippen LogP contribution in [0.25, 0.3) is 0 Å². The van der Waals surface area contributed by atoms with Crippen LogP contribution in [0.3, 0.4) is 0 Å². The lowest BCUT2D eigenvalue weighted by Gasteiger charge is -2.10. The molecule has 0 saturated carbocycles. The molecule has 170 valence electrons. The number of hydrogen-bond acceptors (Lipinski definition) is 6. The maximum atomic E-state index is 13.1. The standard InChI is InChI=1S/C19H16ClF3N4O3S2/c1-31-18-16(32(29,30)14-7-5-12(20)6-8-14)17(24)27(26-18)10-15(28)25-13-4-2-3-11(9-13)19(21,22)23/h2-9H,10,24H2,1H3,(H,25,28). The molecule has 1 amide bonds. The Bertz CT molecular complexity index is 1260. The van der Waals surface area contributed by atoms with Gasteiger partial charge in [0, 0.05) is 10.7 Å². The summed E-state index contributed by atoms with van der Waals surface area (Å²) in [5.41, 5.74) is 5.01. The predicted octanol–water partition coefficient (Wildman–Crippen LogP) is 4.33. The van der Waals surface area contributed by atoms with E-state index in [2.05, 4.69) is 10.4 Å². The number of nitrogens with two attached hydrogens (primary N) is 1. The van der Waals surface area contributed by atoms with Gasteiger partial charge in [0.1, 0.15) is 22.3 Å². The minimum atomic E-state index is -4.56. The van der Waals surface area contributed by atoms with Crippen molar-refractivity contribution in [3.05, 3.63) is 59.1 Å². The molecule has 0 radical (unpaired) electrons. The highest BCUT2D eigenvalue weighted by atomic mass is 35.5.